The molecule has 2 radical (unpaired) electrons. The van der Waals surface area contributed by atoms with E-state index in [1.807, 2.05) is 74.5 Å². The maximum absolute atomic E-state index is 12.3. The average molecular weight is 479 g/mol. The molecule has 0 atom stereocenters. The van der Waals surface area contributed by atoms with E-state index in [2.05, 4.69) is 24.3 Å². The fraction of sp³-hybridized carbons (Fsp3) is 0.133. The average Bonchev–Trinajstić information content (AvgIpc) is 2.90. The van der Waals surface area contributed by atoms with Crippen molar-refractivity contribution in [2.75, 3.05) is 13.2 Å². The van der Waals surface area contributed by atoms with Gasteiger partial charge in [-0.15, -0.1) is 0 Å². The lowest BCUT2D eigenvalue weighted by atomic mass is 10.00. The lowest BCUT2D eigenvalue weighted by Gasteiger charge is -2.11. The van der Waals surface area contributed by atoms with Crippen LogP contribution in [-0.4, -0.2) is 34.7 Å². The van der Waals surface area contributed by atoms with Crippen LogP contribution in [0, 0.1) is 0 Å². The number of carbonyl (C=O) groups is 2. The molecule has 0 aromatic heterocycles. The fourth-order valence-corrected chi connectivity index (χ4v) is 4.88. The van der Waals surface area contributed by atoms with Crippen molar-refractivity contribution in [1.82, 2.24) is 0 Å². The van der Waals surface area contributed by atoms with Crippen molar-refractivity contribution in [3.8, 4) is 22.3 Å². The molecule has 0 saturated heterocycles. The van der Waals surface area contributed by atoms with Crippen LogP contribution in [0.15, 0.2) is 97.1 Å². The first-order valence-electron chi connectivity index (χ1n) is 11.6. The van der Waals surface area contributed by atoms with Crippen molar-refractivity contribution in [1.29, 1.82) is 0 Å². The van der Waals surface area contributed by atoms with Gasteiger partial charge in [0, 0.05) is 0 Å². The minimum atomic E-state index is -0.307. The summed E-state index contributed by atoms with van der Waals surface area (Å²) in [6, 6.07) is 31.6. The molecule has 0 unspecified atom stereocenters. The van der Waals surface area contributed by atoms with E-state index in [1.165, 1.54) is 10.4 Å². The van der Waals surface area contributed by atoms with Crippen molar-refractivity contribution in [2.24, 2.45) is 0 Å². The van der Waals surface area contributed by atoms with Crippen LogP contribution in [0.3, 0.4) is 0 Å². The van der Waals surface area contributed by atoms with Crippen molar-refractivity contribution < 1.29 is 19.1 Å². The first-order chi connectivity index (χ1) is 17.1. The molecule has 4 aromatic rings. The van der Waals surface area contributed by atoms with Crippen molar-refractivity contribution >= 4 is 31.8 Å². The molecule has 0 bridgehead atoms. The molecule has 4 nitrogen and oxygen atoms in total. The Balaban J connectivity index is 1.51. The third-order valence-electron chi connectivity index (χ3n) is 5.53. The van der Waals surface area contributed by atoms with Crippen LogP contribution in [0.2, 0.25) is 0 Å². The van der Waals surface area contributed by atoms with Crippen LogP contribution in [-0.2, 0) is 9.47 Å². The fourth-order valence-electron chi connectivity index (χ4n) is 3.88. The van der Waals surface area contributed by atoms with E-state index in [9.17, 15) is 9.59 Å². The van der Waals surface area contributed by atoms with Gasteiger partial charge in [-0.1, -0.05) is 95.3 Å². The van der Waals surface area contributed by atoms with Gasteiger partial charge in [-0.2, -0.15) is 0 Å². The van der Waals surface area contributed by atoms with Crippen LogP contribution in [0.1, 0.15) is 34.6 Å². The molecule has 4 rings (SSSR count). The van der Waals surface area contributed by atoms with E-state index >= 15 is 0 Å². The summed E-state index contributed by atoms with van der Waals surface area (Å²) < 4.78 is 10.4. The summed E-state index contributed by atoms with van der Waals surface area (Å²) in [7, 11) is 0.487. The number of rotatable bonds is 8. The zero-order valence-corrected chi connectivity index (χ0v) is 20.8. The molecule has 0 aliphatic heterocycles. The Morgan fingerprint density at radius 1 is 0.571 bits per heavy atom. The van der Waals surface area contributed by atoms with E-state index in [4.69, 9.17) is 9.47 Å². The zero-order valence-electron chi connectivity index (χ0n) is 19.8. The molecule has 0 amide bonds. The summed E-state index contributed by atoms with van der Waals surface area (Å²) in [4.78, 5) is 24.6. The third kappa shape index (κ3) is 5.76. The van der Waals surface area contributed by atoms with Gasteiger partial charge in [-0.3, -0.25) is 0 Å². The number of carbonyl (C=O) groups excluding carboxylic acids is 2. The smallest absolute Gasteiger partial charge is 0.338 e. The van der Waals surface area contributed by atoms with Crippen molar-refractivity contribution in [2.45, 2.75) is 13.8 Å². The second-order valence-electron chi connectivity index (χ2n) is 7.81. The van der Waals surface area contributed by atoms with Gasteiger partial charge in [0.1, 0.15) is 9.52 Å². The van der Waals surface area contributed by atoms with Gasteiger partial charge in [0.05, 0.1) is 24.3 Å². The second kappa shape index (κ2) is 11.4. The van der Waals surface area contributed by atoms with Gasteiger partial charge >= 0.3 is 11.9 Å². The molecular formula is C30H26O4Si. The van der Waals surface area contributed by atoms with Gasteiger partial charge < -0.3 is 9.47 Å². The highest BCUT2D eigenvalue weighted by molar-refractivity contribution is 6.67. The minimum Gasteiger partial charge on any atom is -0.462 e. The van der Waals surface area contributed by atoms with Gasteiger partial charge in [-0.05, 0) is 48.2 Å². The Morgan fingerprint density at radius 2 is 0.943 bits per heavy atom. The molecular weight excluding hydrogens is 452 g/mol. The van der Waals surface area contributed by atoms with Crippen LogP contribution in [0.25, 0.3) is 22.3 Å². The summed E-state index contributed by atoms with van der Waals surface area (Å²) >= 11 is 0. The Hall–Kier alpha value is -3.96. The first-order valence-corrected chi connectivity index (χ1v) is 12.6. The molecule has 0 N–H and O–H groups in total. The van der Waals surface area contributed by atoms with Crippen molar-refractivity contribution in [3.63, 3.8) is 0 Å². The molecule has 4 aromatic carbocycles. The standard InChI is InChI=1S/C30H26O4Si/c1-3-33-29(31)27-11-7-5-9-25(27)21-13-17-23(18-14-21)35-24-19-15-22(16-20-24)26-10-6-8-12-28(26)30(32)34-4-2/h5-20H,3-4H2,1-2H3. The SMILES string of the molecule is CCOC(=O)c1ccccc1-c1ccc([Si]c2ccc(-c3ccccc3C(=O)OCC)cc2)cc1. The Kier molecular flexibility index (Phi) is 7.90. The Labute approximate surface area is 208 Å². The molecule has 0 fully saturated rings. The molecule has 174 valence electrons. The Morgan fingerprint density at radius 3 is 1.31 bits per heavy atom. The quantitative estimate of drug-likeness (QED) is 0.263. The zero-order chi connectivity index (χ0) is 24.6. The summed E-state index contributed by atoms with van der Waals surface area (Å²) in [5.74, 6) is -0.614. The molecule has 35 heavy (non-hydrogen) atoms. The summed E-state index contributed by atoms with van der Waals surface area (Å²) in [6.07, 6.45) is 0. The highest BCUT2D eigenvalue weighted by Gasteiger charge is 2.14. The third-order valence-corrected chi connectivity index (χ3v) is 6.77. The van der Waals surface area contributed by atoms with Crippen LogP contribution in [0.5, 0.6) is 0 Å². The summed E-state index contributed by atoms with van der Waals surface area (Å²) in [6.45, 7) is 4.31. The highest BCUT2D eigenvalue weighted by Crippen LogP contribution is 2.25. The molecule has 0 saturated carbocycles. The lowest BCUT2D eigenvalue weighted by Crippen LogP contribution is -2.26. The number of ether oxygens (including phenoxy) is 2. The number of hydrogen-bond donors (Lipinski definition) is 0. The molecule has 0 heterocycles. The number of hydrogen-bond acceptors (Lipinski definition) is 4. The van der Waals surface area contributed by atoms with Crippen LogP contribution < -0.4 is 10.4 Å². The maximum atomic E-state index is 12.3. The molecule has 0 spiro atoms. The van der Waals surface area contributed by atoms with E-state index in [-0.39, 0.29) is 11.9 Å². The summed E-state index contributed by atoms with van der Waals surface area (Å²) in [5.41, 5.74) is 4.84. The van der Waals surface area contributed by atoms with Gasteiger partial charge in [-0.25, -0.2) is 9.59 Å². The van der Waals surface area contributed by atoms with Crippen LogP contribution >= 0.6 is 0 Å². The molecule has 0 aliphatic rings. The second-order valence-corrected chi connectivity index (χ2v) is 9.22. The van der Waals surface area contributed by atoms with Gasteiger partial charge in [0.15, 0.2) is 0 Å². The Bertz CT molecular complexity index is 1210. The molecule has 5 heteroatoms. The van der Waals surface area contributed by atoms with Crippen molar-refractivity contribution in [3.05, 3.63) is 108 Å². The predicted octanol–water partition coefficient (Wildman–Crippen LogP) is 5.03. The lowest BCUT2D eigenvalue weighted by molar-refractivity contribution is 0.0517. The van der Waals surface area contributed by atoms with Gasteiger partial charge in [0.25, 0.3) is 0 Å². The van der Waals surface area contributed by atoms with E-state index in [1.54, 1.807) is 12.1 Å². The van der Waals surface area contributed by atoms with Gasteiger partial charge in [0.2, 0.25) is 0 Å². The van der Waals surface area contributed by atoms with Crippen LogP contribution in [0.4, 0.5) is 0 Å². The first kappa shape index (κ1) is 24.2. The number of benzene rings is 4. The monoisotopic (exact) mass is 478 g/mol. The number of esters is 2. The largest absolute Gasteiger partial charge is 0.462 e. The minimum absolute atomic E-state index is 0.307. The van der Waals surface area contributed by atoms with E-state index in [0.717, 1.165) is 22.3 Å². The maximum Gasteiger partial charge on any atom is 0.338 e. The molecule has 0 aliphatic carbocycles. The normalized spacial score (nSPS) is 10.6. The predicted molar refractivity (Wildman–Crippen MR) is 141 cm³/mol. The summed E-state index contributed by atoms with van der Waals surface area (Å²) in [5, 5.41) is 2.39. The topological polar surface area (TPSA) is 52.6 Å². The highest BCUT2D eigenvalue weighted by atomic mass is 28.2. The van der Waals surface area contributed by atoms with E-state index < -0.39 is 0 Å². The van der Waals surface area contributed by atoms with E-state index in [0.29, 0.717) is 33.9 Å².